The number of amidine groups is 1. The first kappa shape index (κ1) is 16.5. The molecule has 1 aliphatic rings. The first-order valence-corrected chi connectivity index (χ1v) is 4.01. The second kappa shape index (κ2) is 7.34. The van der Waals surface area contributed by atoms with Crippen molar-refractivity contribution in [3.05, 3.63) is 29.8 Å². The molecule has 0 unspecified atom stereocenters. The van der Waals surface area contributed by atoms with E-state index in [1.165, 1.54) is 0 Å². The van der Waals surface area contributed by atoms with E-state index in [1.54, 1.807) is 0 Å². The number of hydrogen-bond acceptors (Lipinski definition) is 3. The third-order valence-corrected chi connectivity index (χ3v) is 1.89. The van der Waals surface area contributed by atoms with Crippen molar-refractivity contribution in [2.45, 2.75) is 0 Å². The molecule has 86 valence electrons. The smallest absolute Gasteiger partial charge is 0.130 e. The Morgan fingerprint density at radius 3 is 2.40 bits per heavy atom. The number of hydrogen-bond donors (Lipinski definition) is 2. The number of nitrogens with zero attached hydrogens (tertiary/aromatic N) is 1. The second-order valence-corrected chi connectivity index (χ2v) is 2.74. The molecule has 0 bridgehead atoms. The van der Waals surface area contributed by atoms with Crippen LogP contribution in [0.25, 0.3) is 0 Å². The van der Waals surface area contributed by atoms with E-state index < -0.39 is 0 Å². The van der Waals surface area contributed by atoms with E-state index in [2.05, 4.69) is 10.3 Å². The van der Waals surface area contributed by atoms with Crippen LogP contribution in [0.15, 0.2) is 29.3 Å². The van der Waals surface area contributed by atoms with E-state index in [4.69, 9.17) is 5.73 Å². The third-order valence-electron chi connectivity index (χ3n) is 1.89. The molecule has 0 aromatic heterocycles. The molecule has 2 rings (SSSR count). The van der Waals surface area contributed by atoms with Crippen molar-refractivity contribution in [1.29, 1.82) is 0 Å². The van der Waals surface area contributed by atoms with Gasteiger partial charge in [0.15, 0.2) is 0 Å². The minimum Gasteiger partial charge on any atom is -0.412 e. The Morgan fingerprint density at radius 2 is 1.87 bits per heavy atom. The predicted molar refractivity (Wildman–Crippen MR) is 68.4 cm³/mol. The molecule has 0 amide bonds. The van der Waals surface area contributed by atoms with Crippen LogP contribution in [0.1, 0.15) is 5.56 Å². The van der Waals surface area contributed by atoms with Gasteiger partial charge in [0.2, 0.25) is 0 Å². The maximum absolute atomic E-state index is 5.78. The van der Waals surface area contributed by atoms with Gasteiger partial charge in [0, 0.05) is 17.8 Å². The summed E-state index contributed by atoms with van der Waals surface area (Å²) in [6.07, 6.45) is 0. The highest BCUT2D eigenvalue weighted by molar-refractivity contribution is 6.03. The summed E-state index contributed by atoms with van der Waals surface area (Å²) in [7, 11) is 0. The molecular weight excluding hydrogens is 237 g/mol. The highest BCUT2D eigenvalue weighted by atomic mass is 35.5. The monoisotopic (exact) mass is 251 g/mol. The van der Waals surface area contributed by atoms with Gasteiger partial charge in [-0.25, -0.2) is 0 Å². The molecule has 0 aliphatic carbocycles. The number of nitrogen functional groups attached to an aromatic ring is 1. The molecule has 1 heterocycles. The van der Waals surface area contributed by atoms with Crippen molar-refractivity contribution in [2.24, 2.45) is 4.99 Å². The maximum Gasteiger partial charge on any atom is 0.130 e. The van der Waals surface area contributed by atoms with Crippen LogP contribution in [0.4, 0.5) is 5.69 Å². The Hall–Kier alpha value is -0.970. The zero-order valence-electron chi connectivity index (χ0n) is 8.06. The van der Waals surface area contributed by atoms with Crippen LogP contribution in [0.2, 0.25) is 0 Å². The summed E-state index contributed by atoms with van der Waals surface area (Å²) in [6.45, 7) is 1.77. The lowest BCUT2D eigenvalue weighted by molar-refractivity contribution is 0.824. The molecular formula is C9H15Cl2N3O. The largest absolute Gasteiger partial charge is 0.412 e. The Labute approximate surface area is 101 Å². The van der Waals surface area contributed by atoms with Gasteiger partial charge >= 0.3 is 0 Å². The van der Waals surface area contributed by atoms with E-state index in [9.17, 15) is 0 Å². The molecule has 0 saturated heterocycles. The zero-order valence-corrected chi connectivity index (χ0v) is 9.70. The van der Waals surface area contributed by atoms with Gasteiger partial charge < -0.3 is 16.5 Å². The lowest BCUT2D eigenvalue weighted by Gasteiger charge is -2.04. The van der Waals surface area contributed by atoms with Crippen molar-refractivity contribution in [3.63, 3.8) is 0 Å². The van der Waals surface area contributed by atoms with Crippen LogP contribution >= 0.6 is 24.8 Å². The first-order valence-electron chi connectivity index (χ1n) is 4.01. The predicted octanol–water partition coefficient (Wildman–Crippen LogP) is 0.637. The molecule has 1 aliphatic heterocycles. The molecule has 15 heavy (non-hydrogen) atoms. The number of nitrogens with two attached hydrogens (primary N) is 1. The van der Waals surface area contributed by atoms with E-state index >= 15 is 0 Å². The Bertz CT molecular complexity index is 331. The van der Waals surface area contributed by atoms with Crippen LogP contribution in [0, 0.1) is 0 Å². The highest BCUT2D eigenvalue weighted by Gasteiger charge is 2.09. The van der Waals surface area contributed by atoms with Crippen molar-refractivity contribution >= 4 is 36.3 Å². The van der Waals surface area contributed by atoms with E-state index in [0.717, 1.165) is 30.2 Å². The van der Waals surface area contributed by atoms with Gasteiger partial charge in [0.25, 0.3) is 0 Å². The average Bonchev–Trinajstić information content (AvgIpc) is 2.57. The van der Waals surface area contributed by atoms with Crippen molar-refractivity contribution < 1.29 is 5.48 Å². The summed E-state index contributed by atoms with van der Waals surface area (Å²) in [4.78, 5) is 4.29. The molecule has 0 atom stereocenters. The molecule has 0 saturated carbocycles. The summed E-state index contributed by atoms with van der Waals surface area (Å²) < 4.78 is 0. The van der Waals surface area contributed by atoms with E-state index in [1.807, 2.05) is 24.3 Å². The lowest BCUT2D eigenvalue weighted by Crippen LogP contribution is -2.20. The number of aliphatic imine (C=N–C) groups is 1. The normalized spacial score (nSPS) is 12.4. The molecule has 6 heteroatoms. The van der Waals surface area contributed by atoms with Crippen molar-refractivity contribution in [2.75, 3.05) is 18.8 Å². The molecule has 4 nitrogen and oxygen atoms in total. The Balaban J connectivity index is 0. The minimum absolute atomic E-state index is 0. The highest BCUT2D eigenvalue weighted by Crippen LogP contribution is 2.11. The Morgan fingerprint density at radius 1 is 1.20 bits per heavy atom. The van der Waals surface area contributed by atoms with Gasteiger partial charge in [-0.1, -0.05) is 12.1 Å². The van der Waals surface area contributed by atoms with Crippen LogP contribution in [-0.4, -0.2) is 24.4 Å². The summed E-state index contributed by atoms with van der Waals surface area (Å²) in [6, 6.07) is 7.76. The van der Waals surface area contributed by atoms with Gasteiger partial charge in [-0.2, -0.15) is 0 Å². The summed E-state index contributed by atoms with van der Waals surface area (Å²) in [5.41, 5.74) is 7.57. The molecule has 0 radical (unpaired) electrons. The first-order chi connectivity index (χ1) is 5.88. The molecule has 0 fully saturated rings. The fourth-order valence-corrected chi connectivity index (χ4v) is 1.29. The minimum atomic E-state index is 0. The molecule has 1 aromatic rings. The van der Waals surface area contributed by atoms with E-state index in [-0.39, 0.29) is 30.3 Å². The number of halogens is 2. The van der Waals surface area contributed by atoms with Gasteiger partial charge in [0.05, 0.1) is 6.54 Å². The topological polar surface area (TPSA) is 81.9 Å². The van der Waals surface area contributed by atoms with Crippen LogP contribution in [0.3, 0.4) is 0 Å². The lowest BCUT2D eigenvalue weighted by atomic mass is 10.1. The van der Waals surface area contributed by atoms with Gasteiger partial charge in [-0.15, -0.1) is 24.8 Å². The van der Waals surface area contributed by atoms with E-state index in [0.29, 0.717) is 0 Å². The molecule has 0 spiro atoms. The Kier molecular flexibility index (Phi) is 8.05. The van der Waals surface area contributed by atoms with Crippen molar-refractivity contribution in [3.8, 4) is 0 Å². The average molecular weight is 252 g/mol. The number of para-hydroxylation sites is 1. The zero-order chi connectivity index (χ0) is 8.39. The summed E-state index contributed by atoms with van der Waals surface area (Å²) in [5, 5.41) is 3.18. The fraction of sp³-hybridized carbons (Fsp3) is 0.222. The van der Waals surface area contributed by atoms with Gasteiger partial charge in [-0.3, -0.25) is 4.99 Å². The molecule has 1 aromatic carbocycles. The van der Waals surface area contributed by atoms with Crippen LogP contribution < -0.4 is 11.1 Å². The number of rotatable bonds is 1. The molecule has 5 N–H and O–H groups in total. The third kappa shape index (κ3) is 3.58. The second-order valence-electron chi connectivity index (χ2n) is 2.74. The summed E-state index contributed by atoms with van der Waals surface area (Å²) >= 11 is 0. The number of anilines is 1. The summed E-state index contributed by atoms with van der Waals surface area (Å²) in [5.74, 6) is 0.924. The van der Waals surface area contributed by atoms with Crippen LogP contribution in [0.5, 0.6) is 0 Å². The maximum atomic E-state index is 5.78. The van der Waals surface area contributed by atoms with Gasteiger partial charge in [0.1, 0.15) is 5.84 Å². The number of benzene rings is 1. The number of nitrogens with one attached hydrogen (secondary N) is 1. The van der Waals surface area contributed by atoms with Crippen molar-refractivity contribution in [1.82, 2.24) is 5.32 Å². The SMILES string of the molecule is Cl.Cl.Nc1ccccc1C1=NCCN1.O. The quantitative estimate of drug-likeness (QED) is 0.719. The van der Waals surface area contributed by atoms with Crippen LogP contribution in [-0.2, 0) is 0 Å². The standard InChI is InChI=1S/C9H11N3.2ClH.H2O/c10-8-4-2-1-3-7(8)9-11-5-6-12-9;;;/h1-4H,5-6,10H2,(H,11,12);2*1H;1H2. The fourth-order valence-electron chi connectivity index (χ4n) is 1.29. The van der Waals surface area contributed by atoms with Gasteiger partial charge in [-0.05, 0) is 12.1 Å².